The highest BCUT2D eigenvalue weighted by Gasteiger charge is 2.59. The number of halogens is 3. The number of likely N-dealkylation sites (N-methyl/N-ethyl adjacent to an activating group) is 1. The Morgan fingerprint density at radius 2 is 1.83 bits per heavy atom. The van der Waals surface area contributed by atoms with Crippen LogP contribution in [-0.2, 0) is 0 Å². The molecule has 4 heteroatoms. The molecule has 18 heavy (non-hydrogen) atoms. The van der Waals surface area contributed by atoms with E-state index in [1.807, 2.05) is 6.07 Å². The molecule has 1 aromatic carbocycles. The van der Waals surface area contributed by atoms with Gasteiger partial charge in [0.15, 0.2) is 0 Å². The van der Waals surface area contributed by atoms with Gasteiger partial charge < -0.3 is 5.32 Å². The number of rotatable bonds is 2. The summed E-state index contributed by atoms with van der Waals surface area (Å²) in [6.45, 7) is 0. The minimum absolute atomic E-state index is 0.159. The van der Waals surface area contributed by atoms with Gasteiger partial charge in [0.05, 0.1) is 0 Å². The van der Waals surface area contributed by atoms with Crippen LogP contribution in [0.25, 0.3) is 0 Å². The van der Waals surface area contributed by atoms with Crippen molar-refractivity contribution >= 4 is 0 Å². The lowest BCUT2D eigenvalue weighted by Gasteiger charge is -2.45. The van der Waals surface area contributed by atoms with E-state index in [2.05, 4.69) is 5.32 Å². The number of benzene rings is 1. The first-order valence-electron chi connectivity index (χ1n) is 6.32. The SMILES string of the molecule is CNC1(C(F)(F)F)CCCCC1c1ccccc1. The average Bonchev–Trinajstić information content (AvgIpc) is 2.38. The monoisotopic (exact) mass is 257 g/mol. The molecule has 0 heterocycles. The molecule has 1 aliphatic carbocycles. The zero-order chi connectivity index (χ0) is 13.2. The van der Waals surface area contributed by atoms with Crippen LogP contribution in [0.3, 0.4) is 0 Å². The van der Waals surface area contributed by atoms with E-state index in [1.165, 1.54) is 7.05 Å². The molecule has 2 unspecified atom stereocenters. The fourth-order valence-electron chi connectivity index (χ4n) is 3.09. The normalized spacial score (nSPS) is 29.2. The molecule has 1 N–H and O–H groups in total. The maximum atomic E-state index is 13.5. The predicted octanol–water partition coefficient (Wildman–Crippen LogP) is 3.86. The van der Waals surface area contributed by atoms with Gasteiger partial charge in [-0.05, 0) is 25.5 Å². The summed E-state index contributed by atoms with van der Waals surface area (Å²) < 4.78 is 40.4. The van der Waals surface area contributed by atoms with Crippen molar-refractivity contribution in [1.82, 2.24) is 5.32 Å². The lowest BCUT2D eigenvalue weighted by molar-refractivity contribution is -0.209. The minimum Gasteiger partial charge on any atom is -0.306 e. The molecule has 0 aliphatic heterocycles. The number of alkyl halides is 3. The van der Waals surface area contributed by atoms with Crippen LogP contribution in [0.5, 0.6) is 0 Å². The smallest absolute Gasteiger partial charge is 0.306 e. The first-order chi connectivity index (χ1) is 8.51. The Kier molecular flexibility index (Phi) is 3.66. The largest absolute Gasteiger partial charge is 0.407 e. The molecule has 1 saturated carbocycles. The van der Waals surface area contributed by atoms with E-state index in [9.17, 15) is 13.2 Å². The molecule has 1 aromatic rings. The van der Waals surface area contributed by atoms with Gasteiger partial charge >= 0.3 is 6.18 Å². The van der Waals surface area contributed by atoms with E-state index in [-0.39, 0.29) is 6.42 Å². The fraction of sp³-hybridized carbons (Fsp3) is 0.571. The Labute approximate surface area is 105 Å². The highest BCUT2D eigenvalue weighted by Crippen LogP contribution is 2.49. The molecule has 0 amide bonds. The van der Waals surface area contributed by atoms with Crippen molar-refractivity contribution in [3.63, 3.8) is 0 Å². The highest BCUT2D eigenvalue weighted by atomic mass is 19.4. The zero-order valence-corrected chi connectivity index (χ0v) is 10.4. The molecule has 0 bridgehead atoms. The van der Waals surface area contributed by atoms with E-state index < -0.39 is 17.6 Å². The van der Waals surface area contributed by atoms with Gasteiger partial charge in [0, 0.05) is 5.92 Å². The summed E-state index contributed by atoms with van der Waals surface area (Å²) in [5.41, 5.74) is -0.990. The van der Waals surface area contributed by atoms with Gasteiger partial charge in [-0.1, -0.05) is 43.2 Å². The summed E-state index contributed by atoms with van der Waals surface area (Å²) in [4.78, 5) is 0. The Morgan fingerprint density at radius 1 is 1.17 bits per heavy atom. The standard InChI is InChI=1S/C14H18F3N/c1-18-13(14(15,16)17)10-6-5-9-12(13)11-7-3-2-4-8-11/h2-4,7-8,12,18H,5-6,9-10H2,1H3. The van der Waals surface area contributed by atoms with Crippen LogP contribution in [0, 0.1) is 0 Å². The quantitative estimate of drug-likeness (QED) is 0.848. The zero-order valence-electron chi connectivity index (χ0n) is 10.4. The van der Waals surface area contributed by atoms with Crippen molar-refractivity contribution in [2.24, 2.45) is 0 Å². The molecule has 0 spiro atoms. The second-order valence-corrected chi connectivity index (χ2v) is 4.93. The van der Waals surface area contributed by atoms with Gasteiger partial charge in [-0.2, -0.15) is 13.2 Å². The van der Waals surface area contributed by atoms with Crippen LogP contribution in [0.4, 0.5) is 13.2 Å². The summed E-state index contributed by atoms with van der Waals surface area (Å²) in [6.07, 6.45) is -1.98. The van der Waals surface area contributed by atoms with Gasteiger partial charge in [-0.3, -0.25) is 0 Å². The van der Waals surface area contributed by atoms with Gasteiger partial charge in [0.1, 0.15) is 5.54 Å². The van der Waals surface area contributed by atoms with E-state index in [1.54, 1.807) is 24.3 Å². The maximum absolute atomic E-state index is 13.5. The molecule has 0 saturated heterocycles. The second kappa shape index (κ2) is 4.92. The third-order valence-corrected chi connectivity index (χ3v) is 4.06. The first kappa shape index (κ1) is 13.4. The van der Waals surface area contributed by atoms with Crippen molar-refractivity contribution in [2.45, 2.75) is 43.3 Å². The van der Waals surface area contributed by atoms with Crippen molar-refractivity contribution in [1.29, 1.82) is 0 Å². The molecular weight excluding hydrogens is 239 g/mol. The third-order valence-electron chi connectivity index (χ3n) is 4.06. The maximum Gasteiger partial charge on any atom is 0.407 e. The van der Waals surface area contributed by atoms with Crippen LogP contribution < -0.4 is 5.32 Å². The van der Waals surface area contributed by atoms with Crippen LogP contribution in [-0.4, -0.2) is 18.8 Å². The topological polar surface area (TPSA) is 12.0 Å². The third kappa shape index (κ3) is 2.14. The second-order valence-electron chi connectivity index (χ2n) is 4.93. The lowest BCUT2D eigenvalue weighted by Crippen LogP contribution is -2.60. The van der Waals surface area contributed by atoms with Crippen LogP contribution >= 0.6 is 0 Å². The lowest BCUT2D eigenvalue weighted by atomic mass is 9.69. The Morgan fingerprint density at radius 3 is 2.39 bits per heavy atom. The Hall–Kier alpha value is -1.03. The van der Waals surface area contributed by atoms with Crippen molar-refractivity contribution in [3.8, 4) is 0 Å². The molecule has 0 radical (unpaired) electrons. The average molecular weight is 257 g/mol. The Balaban J connectivity index is 2.42. The van der Waals surface area contributed by atoms with Crippen molar-refractivity contribution in [2.75, 3.05) is 7.05 Å². The van der Waals surface area contributed by atoms with Gasteiger partial charge in [0.25, 0.3) is 0 Å². The number of hydrogen-bond donors (Lipinski definition) is 1. The molecule has 2 atom stereocenters. The Bertz CT molecular complexity index is 388. The van der Waals surface area contributed by atoms with Crippen molar-refractivity contribution < 1.29 is 13.2 Å². The van der Waals surface area contributed by atoms with Crippen LogP contribution in [0.1, 0.15) is 37.2 Å². The molecule has 1 aliphatic rings. The molecule has 2 rings (SSSR count). The minimum atomic E-state index is -4.22. The highest BCUT2D eigenvalue weighted by molar-refractivity contribution is 5.26. The molecule has 0 aromatic heterocycles. The fourth-order valence-corrected chi connectivity index (χ4v) is 3.09. The first-order valence-corrected chi connectivity index (χ1v) is 6.32. The van der Waals surface area contributed by atoms with E-state index in [0.29, 0.717) is 12.8 Å². The molecular formula is C14H18F3N. The summed E-state index contributed by atoms with van der Waals surface area (Å²) in [6, 6.07) is 9.05. The number of hydrogen-bond acceptors (Lipinski definition) is 1. The van der Waals surface area contributed by atoms with Crippen LogP contribution in [0.15, 0.2) is 30.3 Å². The predicted molar refractivity (Wildman–Crippen MR) is 65.5 cm³/mol. The summed E-state index contributed by atoms with van der Waals surface area (Å²) >= 11 is 0. The van der Waals surface area contributed by atoms with Gasteiger partial charge in [0.2, 0.25) is 0 Å². The molecule has 1 fully saturated rings. The number of nitrogens with one attached hydrogen (secondary N) is 1. The molecule has 1 nitrogen and oxygen atoms in total. The molecule has 100 valence electrons. The van der Waals surface area contributed by atoms with E-state index in [4.69, 9.17) is 0 Å². The summed E-state index contributed by atoms with van der Waals surface area (Å²) in [7, 11) is 1.43. The van der Waals surface area contributed by atoms with E-state index in [0.717, 1.165) is 12.0 Å². The van der Waals surface area contributed by atoms with Crippen molar-refractivity contribution in [3.05, 3.63) is 35.9 Å². The van der Waals surface area contributed by atoms with Gasteiger partial charge in [-0.15, -0.1) is 0 Å². The van der Waals surface area contributed by atoms with Gasteiger partial charge in [-0.25, -0.2) is 0 Å². The summed E-state index contributed by atoms with van der Waals surface area (Å²) in [5.74, 6) is -0.488. The van der Waals surface area contributed by atoms with Crippen LogP contribution in [0.2, 0.25) is 0 Å². The van der Waals surface area contributed by atoms with E-state index >= 15 is 0 Å². The summed E-state index contributed by atoms with van der Waals surface area (Å²) in [5, 5.41) is 2.58.